The first kappa shape index (κ1) is 14.8. The molecule has 3 aromatic rings. The molecule has 0 aliphatic rings. The molecule has 0 unspecified atom stereocenters. The van der Waals surface area contributed by atoms with Crippen LogP contribution in [0.4, 0.5) is 0 Å². The monoisotopic (exact) mass is 314 g/mol. The van der Waals surface area contributed by atoms with E-state index in [1.165, 1.54) is 16.6 Å². The quantitative estimate of drug-likeness (QED) is 0.621. The molecule has 118 valence electrons. The molecular weight excluding hydrogens is 300 g/mol. The molecule has 23 heavy (non-hydrogen) atoms. The van der Waals surface area contributed by atoms with E-state index in [2.05, 4.69) is 32.6 Å². The minimum absolute atomic E-state index is 0.0769. The molecule has 2 heterocycles. The van der Waals surface area contributed by atoms with Crippen molar-refractivity contribution < 1.29 is 14.1 Å². The van der Waals surface area contributed by atoms with Crippen LogP contribution in [0.25, 0.3) is 11.4 Å². The summed E-state index contributed by atoms with van der Waals surface area (Å²) in [4.78, 5) is 15.8. The Morgan fingerprint density at radius 3 is 2.83 bits per heavy atom. The molecule has 1 aromatic carbocycles. The Morgan fingerprint density at radius 2 is 2.13 bits per heavy atom. The largest absolute Gasteiger partial charge is 0.454 e. The Balaban J connectivity index is 1.57. The van der Waals surface area contributed by atoms with E-state index in [4.69, 9.17) is 9.26 Å². The van der Waals surface area contributed by atoms with Crippen molar-refractivity contribution in [2.45, 2.75) is 26.5 Å². The van der Waals surface area contributed by atoms with Gasteiger partial charge in [-0.2, -0.15) is 4.98 Å². The molecule has 0 saturated heterocycles. The van der Waals surface area contributed by atoms with Gasteiger partial charge in [0.1, 0.15) is 12.9 Å². The highest BCUT2D eigenvalue weighted by Gasteiger charge is 2.12. The van der Waals surface area contributed by atoms with Crippen LogP contribution in [0.3, 0.4) is 0 Å². The summed E-state index contributed by atoms with van der Waals surface area (Å²) >= 11 is 0. The number of carbonyl (C=O) groups is 1. The van der Waals surface area contributed by atoms with E-state index < -0.39 is 5.97 Å². The van der Waals surface area contributed by atoms with Gasteiger partial charge in [-0.3, -0.25) is 4.79 Å². The first-order valence-corrected chi connectivity index (χ1v) is 7.03. The Bertz CT molecular complexity index is 766. The topological polar surface area (TPSA) is 109 Å². The number of ether oxygens (including phenoxy) is 1. The summed E-state index contributed by atoms with van der Waals surface area (Å²) < 4.78 is 11.4. The average molecular weight is 314 g/mol. The zero-order valence-corrected chi connectivity index (χ0v) is 12.4. The van der Waals surface area contributed by atoms with Crippen molar-refractivity contribution in [3.8, 4) is 11.4 Å². The molecule has 0 bridgehead atoms. The zero-order chi connectivity index (χ0) is 16.1. The highest BCUT2D eigenvalue weighted by molar-refractivity contribution is 5.68. The lowest BCUT2D eigenvalue weighted by Crippen LogP contribution is -2.14. The van der Waals surface area contributed by atoms with Crippen molar-refractivity contribution in [3.63, 3.8) is 0 Å². The Kier molecular flexibility index (Phi) is 4.37. The molecule has 0 atom stereocenters. The van der Waals surface area contributed by atoms with Crippen LogP contribution in [0.5, 0.6) is 0 Å². The maximum absolute atomic E-state index is 11.6. The third kappa shape index (κ3) is 3.76. The van der Waals surface area contributed by atoms with E-state index in [1.807, 2.05) is 24.3 Å². The van der Waals surface area contributed by atoms with E-state index in [9.17, 15) is 4.79 Å². The van der Waals surface area contributed by atoms with Gasteiger partial charge < -0.3 is 9.26 Å². The van der Waals surface area contributed by atoms with Gasteiger partial charge >= 0.3 is 5.97 Å². The van der Waals surface area contributed by atoms with Crippen LogP contribution in [-0.2, 0) is 29.1 Å². The van der Waals surface area contributed by atoms with Gasteiger partial charge in [0.15, 0.2) is 6.61 Å². The standard InChI is InChI=1S/C14H14N6O3/c1-2-10-3-5-11(6-4-10)14-16-12(23-17-14)8-22-13(21)7-20-9-15-18-19-20/h3-6,9H,2,7-8H2,1H3. The molecule has 0 fully saturated rings. The Hall–Kier alpha value is -3.10. The second-order valence-corrected chi connectivity index (χ2v) is 4.73. The van der Waals surface area contributed by atoms with Gasteiger partial charge in [0.05, 0.1) is 0 Å². The SMILES string of the molecule is CCc1ccc(-c2noc(COC(=O)Cn3cnnn3)n2)cc1. The van der Waals surface area contributed by atoms with Crippen LogP contribution in [0, 0.1) is 0 Å². The molecule has 0 amide bonds. The molecule has 9 heteroatoms. The number of esters is 1. The van der Waals surface area contributed by atoms with Gasteiger partial charge in [0.25, 0.3) is 5.89 Å². The molecular formula is C14H14N6O3. The van der Waals surface area contributed by atoms with Crippen LogP contribution >= 0.6 is 0 Å². The van der Waals surface area contributed by atoms with Crippen molar-refractivity contribution in [3.05, 3.63) is 42.0 Å². The number of carbonyl (C=O) groups excluding carboxylic acids is 1. The average Bonchev–Trinajstić information content (AvgIpc) is 3.25. The predicted molar refractivity (Wildman–Crippen MR) is 76.7 cm³/mol. The maximum atomic E-state index is 11.6. The summed E-state index contributed by atoms with van der Waals surface area (Å²) in [5.41, 5.74) is 2.08. The number of rotatable bonds is 6. The van der Waals surface area contributed by atoms with Crippen molar-refractivity contribution in [1.82, 2.24) is 30.3 Å². The van der Waals surface area contributed by atoms with Gasteiger partial charge in [-0.25, -0.2) is 4.68 Å². The van der Waals surface area contributed by atoms with Crippen molar-refractivity contribution in [2.75, 3.05) is 0 Å². The van der Waals surface area contributed by atoms with Crippen LogP contribution in [-0.4, -0.2) is 36.3 Å². The van der Waals surface area contributed by atoms with Gasteiger partial charge in [0, 0.05) is 5.56 Å². The first-order valence-electron chi connectivity index (χ1n) is 7.03. The summed E-state index contributed by atoms with van der Waals surface area (Å²) in [5.74, 6) is 0.188. The first-order chi connectivity index (χ1) is 11.2. The molecule has 3 rings (SSSR count). The fourth-order valence-electron chi connectivity index (χ4n) is 1.89. The molecule has 0 aliphatic carbocycles. The predicted octanol–water partition coefficient (Wildman–Crippen LogP) is 1.03. The number of benzene rings is 1. The molecule has 0 spiro atoms. The van der Waals surface area contributed by atoms with Gasteiger partial charge in [-0.1, -0.05) is 36.3 Å². The highest BCUT2D eigenvalue weighted by Crippen LogP contribution is 2.17. The lowest BCUT2D eigenvalue weighted by atomic mass is 10.1. The third-order valence-electron chi connectivity index (χ3n) is 3.13. The van der Waals surface area contributed by atoms with Crippen LogP contribution in [0.15, 0.2) is 35.1 Å². The number of hydrogen-bond acceptors (Lipinski definition) is 8. The Labute approximate surface area is 131 Å². The maximum Gasteiger partial charge on any atom is 0.328 e. The van der Waals surface area contributed by atoms with Gasteiger partial charge in [0.2, 0.25) is 5.82 Å². The van der Waals surface area contributed by atoms with Crippen molar-refractivity contribution in [1.29, 1.82) is 0 Å². The van der Waals surface area contributed by atoms with E-state index in [-0.39, 0.29) is 19.0 Å². The van der Waals surface area contributed by atoms with Gasteiger partial charge in [-0.15, -0.1) is 5.10 Å². The van der Waals surface area contributed by atoms with E-state index in [1.54, 1.807) is 0 Å². The summed E-state index contributed by atoms with van der Waals surface area (Å²) in [7, 11) is 0. The minimum atomic E-state index is -0.496. The normalized spacial score (nSPS) is 10.7. The van der Waals surface area contributed by atoms with E-state index in [0.717, 1.165) is 12.0 Å². The summed E-state index contributed by atoms with van der Waals surface area (Å²) in [6.45, 7) is 1.92. The molecule has 0 aliphatic heterocycles. The second kappa shape index (κ2) is 6.77. The highest BCUT2D eigenvalue weighted by atomic mass is 16.6. The smallest absolute Gasteiger partial charge is 0.328 e. The van der Waals surface area contributed by atoms with E-state index in [0.29, 0.717) is 5.82 Å². The fourth-order valence-corrected chi connectivity index (χ4v) is 1.89. The number of aromatic nitrogens is 6. The molecule has 0 saturated carbocycles. The zero-order valence-electron chi connectivity index (χ0n) is 12.4. The Morgan fingerprint density at radius 1 is 1.30 bits per heavy atom. The van der Waals surface area contributed by atoms with Gasteiger partial charge in [-0.05, 0) is 22.4 Å². The summed E-state index contributed by atoms with van der Waals surface area (Å²) in [5, 5.41) is 14.3. The minimum Gasteiger partial charge on any atom is -0.454 e. The lowest BCUT2D eigenvalue weighted by Gasteiger charge is -2.00. The summed E-state index contributed by atoms with van der Waals surface area (Å²) in [6, 6.07) is 7.88. The van der Waals surface area contributed by atoms with Crippen LogP contribution in [0.1, 0.15) is 18.4 Å². The number of aryl methyl sites for hydroxylation is 1. The van der Waals surface area contributed by atoms with Crippen molar-refractivity contribution in [2.24, 2.45) is 0 Å². The molecule has 0 N–H and O–H groups in total. The lowest BCUT2D eigenvalue weighted by molar-refractivity contribution is -0.146. The summed E-state index contributed by atoms with van der Waals surface area (Å²) in [6.07, 6.45) is 2.29. The third-order valence-corrected chi connectivity index (χ3v) is 3.13. The fraction of sp³-hybridized carbons (Fsp3) is 0.286. The number of tetrazole rings is 1. The molecule has 0 radical (unpaired) electrons. The van der Waals surface area contributed by atoms with E-state index >= 15 is 0 Å². The van der Waals surface area contributed by atoms with Crippen LogP contribution in [0.2, 0.25) is 0 Å². The molecule has 2 aromatic heterocycles. The number of nitrogens with zero attached hydrogens (tertiary/aromatic N) is 6. The molecule has 9 nitrogen and oxygen atoms in total. The second-order valence-electron chi connectivity index (χ2n) is 4.73. The van der Waals surface area contributed by atoms with Crippen LogP contribution < -0.4 is 0 Å². The number of hydrogen-bond donors (Lipinski definition) is 0. The van der Waals surface area contributed by atoms with Crippen molar-refractivity contribution >= 4 is 5.97 Å².